The summed E-state index contributed by atoms with van der Waals surface area (Å²) in [5, 5.41) is 15.9. The van der Waals surface area contributed by atoms with Crippen LogP contribution in [0.1, 0.15) is 11.1 Å². The molecule has 0 saturated heterocycles. The summed E-state index contributed by atoms with van der Waals surface area (Å²) in [5.41, 5.74) is 2.81. The second-order valence-corrected chi connectivity index (χ2v) is 10.9. The SMILES string of the molecule is Cc1c2cc(Nc3cc4cc5ccsc5cc4s3)sc2c(C)c2ccsc12. The summed E-state index contributed by atoms with van der Waals surface area (Å²) in [5.74, 6) is 0. The van der Waals surface area contributed by atoms with Crippen LogP contribution in [-0.2, 0) is 0 Å². The van der Waals surface area contributed by atoms with Crippen LogP contribution < -0.4 is 5.32 Å². The molecule has 1 N–H and O–H groups in total. The normalized spacial score (nSPS) is 12.1. The van der Waals surface area contributed by atoms with Gasteiger partial charge in [0.05, 0.1) is 10.0 Å². The minimum absolute atomic E-state index is 1.21. The Morgan fingerprint density at radius 1 is 0.667 bits per heavy atom. The van der Waals surface area contributed by atoms with E-state index >= 15 is 0 Å². The zero-order chi connectivity index (χ0) is 18.1. The van der Waals surface area contributed by atoms with Crippen LogP contribution in [0.25, 0.3) is 40.3 Å². The molecule has 0 aliphatic heterocycles. The highest BCUT2D eigenvalue weighted by Crippen LogP contribution is 2.43. The van der Waals surface area contributed by atoms with Crippen LogP contribution in [0.3, 0.4) is 0 Å². The molecule has 0 amide bonds. The fourth-order valence-electron chi connectivity index (χ4n) is 3.83. The lowest BCUT2D eigenvalue weighted by molar-refractivity contribution is 1.58. The van der Waals surface area contributed by atoms with E-state index in [1.165, 1.54) is 61.5 Å². The molecule has 0 spiro atoms. The largest absolute Gasteiger partial charge is 0.339 e. The highest BCUT2D eigenvalue weighted by Gasteiger charge is 2.14. The van der Waals surface area contributed by atoms with Crippen molar-refractivity contribution in [3.63, 3.8) is 0 Å². The first-order chi connectivity index (χ1) is 13.2. The van der Waals surface area contributed by atoms with E-state index < -0.39 is 0 Å². The van der Waals surface area contributed by atoms with Crippen molar-refractivity contribution in [3.8, 4) is 0 Å². The Bertz CT molecular complexity index is 1370. The number of aryl methyl sites for hydroxylation is 2. The van der Waals surface area contributed by atoms with Gasteiger partial charge in [-0.25, -0.2) is 0 Å². The molecule has 4 aromatic heterocycles. The number of rotatable bonds is 2. The molecule has 27 heavy (non-hydrogen) atoms. The summed E-state index contributed by atoms with van der Waals surface area (Å²) in [6.07, 6.45) is 0. The molecule has 0 radical (unpaired) electrons. The minimum Gasteiger partial charge on any atom is -0.339 e. The zero-order valence-corrected chi connectivity index (χ0v) is 18.0. The van der Waals surface area contributed by atoms with Crippen LogP contribution in [0, 0.1) is 13.8 Å². The topological polar surface area (TPSA) is 12.0 Å². The number of fused-ring (bicyclic) bond motifs is 4. The molecule has 2 aromatic carbocycles. The van der Waals surface area contributed by atoms with Gasteiger partial charge in [0.1, 0.15) is 0 Å². The Kier molecular flexibility index (Phi) is 3.44. The van der Waals surface area contributed by atoms with Crippen LogP contribution in [0.15, 0.2) is 47.2 Å². The fraction of sp³-hybridized carbons (Fsp3) is 0.0909. The maximum absolute atomic E-state index is 3.67. The van der Waals surface area contributed by atoms with Crippen LogP contribution >= 0.6 is 45.3 Å². The van der Waals surface area contributed by atoms with Crippen LogP contribution in [-0.4, -0.2) is 0 Å². The maximum atomic E-state index is 3.67. The van der Waals surface area contributed by atoms with Crippen molar-refractivity contribution >= 4 is 95.7 Å². The third-order valence-corrected chi connectivity index (χ3v) is 9.32. The van der Waals surface area contributed by atoms with Crippen molar-refractivity contribution in [3.05, 3.63) is 58.3 Å². The molecular formula is C22H15NS4. The molecule has 0 fully saturated rings. The van der Waals surface area contributed by atoms with Gasteiger partial charge in [-0.3, -0.25) is 0 Å². The number of anilines is 2. The van der Waals surface area contributed by atoms with Gasteiger partial charge in [0, 0.05) is 18.8 Å². The summed E-state index contributed by atoms with van der Waals surface area (Å²) < 4.78 is 5.54. The van der Waals surface area contributed by atoms with Gasteiger partial charge in [0.15, 0.2) is 0 Å². The Morgan fingerprint density at radius 2 is 1.48 bits per heavy atom. The van der Waals surface area contributed by atoms with E-state index in [1.807, 2.05) is 45.3 Å². The van der Waals surface area contributed by atoms with Crippen molar-refractivity contribution in [1.82, 2.24) is 0 Å². The van der Waals surface area contributed by atoms with Gasteiger partial charge in [0.2, 0.25) is 0 Å². The van der Waals surface area contributed by atoms with Crippen molar-refractivity contribution in [2.45, 2.75) is 13.8 Å². The van der Waals surface area contributed by atoms with E-state index in [9.17, 15) is 0 Å². The summed E-state index contributed by atoms with van der Waals surface area (Å²) in [6.45, 7) is 4.51. The second-order valence-electron chi connectivity index (χ2n) is 6.85. The molecule has 0 aliphatic carbocycles. The molecule has 0 saturated carbocycles. The average Bonchev–Trinajstić information content (AvgIpc) is 3.41. The first-order valence-corrected chi connectivity index (χ1v) is 12.1. The van der Waals surface area contributed by atoms with Gasteiger partial charge in [-0.05, 0) is 93.7 Å². The monoisotopic (exact) mass is 421 g/mol. The summed E-state index contributed by atoms with van der Waals surface area (Å²) in [7, 11) is 0. The van der Waals surface area contributed by atoms with E-state index in [0.717, 1.165) is 0 Å². The predicted molar refractivity (Wildman–Crippen MR) is 127 cm³/mol. The summed E-state index contributed by atoms with van der Waals surface area (Å²) >= 11 is 7.37. The van der Waals surface area contributed by atoms with E-state index in [1.54, 1.807) is 0 Å². The molecule has 132 valence electrons. The third-order valence-electron chi connectivity index (χ3n) is 5.22. The van der Waals surface area contributed by atoms with Gasteiger partial charge in [-0.2, -0.15) is 0 Å². The molecule has 5 heteroatoms. The minimum atomic E-state index is 1.21. The second kappa shape index (κ2) is 5.79. The molecule has 0 unspecified atom stereocenters. The first kappa shape index (κ1) is 16.1. The number of hydrogen-bond donors (Lipinski definition) is 1. The molecule has 6 rings (SSSR count). The van der Waals surface area contributed by atoms with Gasteiger partial charge in [0.25, 0.3) is 0 Å². The Hall–Kier alpha value is -1.92. The van der Waals surface area contributed by atoms with Gasteiger partial charge >= 0.3 is 0 Å². The lowest BCUT2D eigenvalue weighted by Crippen LogP contribution is -1.81. The molecule has 0 aliphatic rings. The molecular weight excluding hydrogens is 407 g/mol. The van der Waals surface area contributed by atoms with E-state index in [-0.39, 0.29) is 0 Å². The van der Waals surface area contributed by atoms with Crippen LogP contribution in [0.5, 0.6) is 0 Å². The van der Waals surface area contributed by atoms with Crippen molar-refractivity contribution in [2.75, 3.05) is 5.32 Å². The Morgan fingerprint density at radius 3 is 2.41 bits per heavy atom. The lowest BCUT2D eigenvalue weighted by atomic mass is 10.0. The summed E-state index contributed by atoms with van der Waals surface area (Å²) in [6, 6.07) is 13.7. The van der Waals surface area contributed by atoms with Gasteiger partial charge in [-0.15, -0.1) is 45.3 Å². The quantitative estimate of drug-likeness (QED) is 0.294. The Balaban J connectivity index is 1.47. The predicted octanol–water partition coefficient (Wildman–Crippen LogP) is 8.91. The molecule has 4 heterocycles. The van der Waals surface area contributed by atoms with E-state index in [4.69, 9.17) is 0 Å². The molecule has 0 bridgehead atoms. The van der Waals surface area contributed by atoms with Gasteiger partial charge < -0.3 is 5.32 Å². The average molecular weight is 422 g/mol. The van der Waals surface area contributed by atoms with Crippen molar-refractivity contribution in [1.29, 1.82) is 0 Å². The van der Waals surface area contributed by atoms with Crippen LogP contribution in [0.4, 0.5) is 10.0 Å². The highest BCUT2D eigenvalue weighted by molar-refractivity contribution is 7.25. The molecule has 1 nitrogen and oxygen atoms in total. The van der Waals surface area contributed by atoms with Crippen molar-refractivity contribution < 1.29 is 0 Å². The lowest BCUT2D eigenvalue weighted by Gasteiger charge is -2.03. The number of thiophene rings is 4. The van der Waals surface area contributed by atoms with E-state index in [2.05, 4.69) is 66.3 Å². The molecule has 6 aromatic rings. The fourth-order valence-corrected chi connectivity index (χ4v) is 7.89. The number of hydrogen-bond acceptors (Lipinski definition) is 5. The standard InChI is InChI=1S/C22H15NS4/c1-11-15-4-6-25-21(15)12(2)16-9-20(27-22(11)16)23-19-8-14-7-13-3-5-24-17(13)10-18(14)26-19/h3-10,23H,1-2H3. The van der Waals surface area contributed by atoms with Crippen LogP contribution in [0.2, 0.25) is 0 Å². The zero-order valence-electron chi connectivity index (χ0n) is 14.8. The van der Waals surface area contributed by atoms with E-state index in [0.29, 0.717) is 0 Å². The third kappa shape index (κ3) is 2.39. The smallest absolute Gasteiger partial charge is 0.0945 e. The number of benzene rings is 2. The van der Waals surface area contributed by atoms with Gasteiger partial charge in [-0.1, -0.05) is 0 Å². The Labute approximate surface area is 172 Å². The number of nitrogens with one attached hydrogen (secondary N) is 1. The molecule has 0 atom stereocenters. The van der Waals surface area contributed by atoms with Crippen molar-refractivity contribution in [2.24, 2.45) is 0 Å². The highest BCUT2D eigenvalue weighted by atomic mass is 32.1. The first-order valence-electron chi connectivity index (χ1n) is 8.75. The summed E-state index contributed by atoms with van der Waals surface area (Å²) in [4.78, 5) is 0. The maximum Gasteiger partial charge on any atom is 0.0945 e.